The molecule has 0 saturated carbocycles. The average molecular weight is 468 g/mol. The molecule has 0 unspecified atom stereocenters. The molecule has 0 saturated heterocycles. The number of aromatic nitrogens is 1. The molecule has 8 nitrogen and oxygen atoms in total. The molecular formula is C24H25N3O5S. The Labute approximate surface area is 192 Å². The lowest BCUT2D eigenvalue weighted by molar-refractivity contribution is -0.119. The normalized spacial score (nSPS) is 13.2. The SMILES string of the molecule is Cc1ccc(S(=O)(=O)N(C)C)cc1NC(=O)COC(=O)c1c2c(nc3ccccc13)CCC2. The summed E-state index contributed by atoms with van der Waals surface area (Å²) in [5.74, 6) is -1.12. The molecule has 2 aromatic carbocycles. The van der Waals surface area contributed by atoms with Crippen LogP contribution in [0.4, 0.5) is 5.69 Å². The minimum absolute atomic E-state index is 0.0595. The Balaban J connectivity index is 1.52. The van der Waals surface area contributed by atoms with Crippen molar-refractivity contribution in [3.05, 3.63) is 64.8 Å². The Kier molecular flexibility index (Phi) is 6.18. The number of ether oxygens (including phenoxy) is 1. The van der Waals surface area contributed by atoms with Crippen molar-refractivity contribution in [2.24, 2.45) is 0 Å². The second kappa shape index (κ2) is 8.92. The van der Waals surface area contributed by atoms with E-state index in [9.17, 15) is 18.0 Å². The smallest absolute Gasteiger partial charge is 0.339 e. The van der Waals surface area contributed by atoms with Gasteiger partial charge in [-0.15, -0.1) is 0 Å². The maximum Gasteiger partial charge on any atom is 0.339 e. The van der Waals surface area contributed by atoms with Gasteiger partial charge in [-0.2, -0.15) is 0 Å². The Bertz CT molecular complexity index is 1370. The van der Waals surface area contributed by atoms with Gasteiger partial charge in [0.05, 0.1) is 16.0 Å². The molecule has 1 N–H and O–H groups in total. The van der Waals surface area contributed by atoms with E-state index in [0.717, 1.165) is 40.3 Å². The van der Waals surface area contributed by atoms with Crippen LogP contribution in [-0.4, -0.2) is 50.3 Å². The van der Waals surface area contributed by atoms with E-state index in [0.29, 0.717) is 22.2 Å². The molecular weight excluding hydrogens is 442 g/mol. The van der Waals surface area contributed by atoms with E-state index in [1.54, 1.807) is 13.0 Å². The first kappa shape index (κ1) is 22.9. The summed E-state index contributed by atoms with van der Waals surface area (Å²) >= 11 is 0. The monoisotopic (exact) mass is 467 g/mol. The minimum atomic E-state index is -3.65. The highest BCUT2D eigenvalue weighted by Crippen LogP contribution is 2.30. The van der Waals surface area contributed by atoms with Crippen molar-refractivity contribution in [2.75, 3.05) is 26.0 Å². The molecule has 0 bridgehead atoms. The number of fused-ring (bicyclic) bond motifs is 2. The second-order valence-corrected chi connectivity index (χ2v) is 10.3. The van der Waals surface area contributed by atoms with Crippen LogP contribution in [0.25, 0.3) is 10.9 Å². The molecule has 0 spiro atoms. The van der Waals surface area contributed by atoms with Crippen molar-refractivity contribution >= 4 is 38.5 Å². The first-order valence-corrected chi connectivity index (χ1v) is 12.0. The molecule has 0 fully saturated rings. The summed E-state index contributed by atoms with van der Waals surface area (Å²) in [6.07, 6.45) is 2.48. The molecule has 4 rings (SSSR count). The maximum absolute atomic E-state index is 13.0. The van der Waals surface area contributed by atoms with Crippen LogP contribution in [0.5, 0.6) is 0 Å². The topological polar surface area (TPSA) is 106 Å². The molecule has 33 heavy (non-hydrogen) atoms. The van der Waals surface area contributed by atoms with Crippen LogP contribution in [0.3, 0.4) is 0 Å². The van der Waals surface area contributed by atoms with E-state index in [4.69, 9.17) is 4.74 Å². The number of carbonyl (C=O) groups excluding carboxylic acids is 2. The van der Waals surface area contributed by atoms with E-state index >= 15 is 0 Å². The number of nitrogens with one attached hydrogen (secondary N) is 1. The third kappa shape index (κ3) is 4.46. The van der Waals surface area contributed by atoms with Crippen LogP contribution >= 0.6 is 0 Å². The van der Waals surface area contributed by atoms with E-state index < -0.39 is 28.5 Å². The Hall–Kier alpha value is -3.30. The Morgan fingerprint density at radius 2 is 1.88 bits per heavy atom. The van der Waals surface area contributed by atoms with Gasteiger partial charge in [0, 0.05) is 30.9 Å². The zero-order valence-electron chi connectivity index (χ0n) is 18.7. The molecule has 172 valence electrons. The molecule has 1 aromatic heterocycles. The summed E-state index contributed by atoms with van der Waals surface area (Å²) in [6.45, 7) is 1.26. The van der Waals surface area contributed by atoms with Gasteiger partial charge in [-0.1, -0.05) is 24.3 Å². The fourth-order valence-corrected chi connectivity index (χ4v) is 4.87. The number of aryl methyl sites for hydroxylation is 2. The molecule has 0 aliphatic heterocycles. The van der Waals surface area contributed by atoms with Crippen molar-refractivity contribution < 1.29 is 22.7 Å². The summed E-state index contributed by atoms with van der Waals surface area (Å²) in [5.41, 5.74) is 4.01. The minimum Gasteiger partial charge on any atom is -0.452 e. The number of carbonyl (C=O) groups is 2. The molecule has 0 atom stereocenters. The number of amides is 1. The number of esters is 1. The Morgan fingerprint density at radius 1 is 1.12 bits per heavy atom. The van der Waals surface area contributed by atoms with Crippen LogP contribution in [-0.2, 0) is 32.4 Å². The fraction of sp³-hybridized carbons (Fsp3) is 0.292. The van der Waals surface area contributed by atoms with Gasteiger partial charge >= 0.3 is 5.97 Å². The lowest BCUT2D eigenvalue weighted by Crippen LogP contribution is -2.24. The zero-order valence-corrected chi connectivity index (χ0v) is 19.5. The standard InChI is InChI=1S/C24H25N3O5S/c1-15-11-12-16(33(30,31)27(2)3)13-21(15)26-22(28)14-32-24(29)23-17-7-4-5-9-19(17)25-20-10-6-8-18(20)23/h4-5,7,9,11-13H,6,8,10,14H2,1-3H3,(H,26,28). The lowest BCUT2D eigenvalue weighted by atomic mass is 10.0. The summed E-state index contributed by atoms with van der Waals surface area (Å²) < 4.78 is 31.2. The van der Waals surface area contributed by atoms with Gasteiger partial charge in [0.1, 0.15) is 0 Å². The van der Waals surface area contributed by atoms with Crippen molar-refractivity contribution in [3.63, 3.8) is 0 Å². The Morgan fingerprint density at radius 3 is 2.64 bits per heavy atom. The van der Waals surface area contributed by atoms with Gasteiger partial charge in [-0.05, 0) is 55.5 Å². The number of hydrogen-bond donors (Lipinski definition) is 1. The van der Waals surface area contributed by atoms with Gasteiger partial charge in [0.2, 0.25) is 10.0 Å². The van der Waals surface area contributed by atoms with Crippen molar-refractivity contribution in [1.29, 1.82) is 0 Å². The molecule has 1 amide bonds. The van der Waals surface area contributed by atoms with Gasteiger partial charge in [0.15, 0.2) is 6.61 Å². The predicted molar refractivity (Wildman–Crippen MR) is 125 cm³/mol. The molecule has 1 heterocycles. The largest absolute Gasteiger partial charge is 0.452 e. The van der Waals surface area contributed by atoms with Gasteiger partial charge < -0.3 is 10.1 Å². The first-order valence-electron chi connectivity index (χ1n) is 10.6. The number of para-hydroxylation sites is 1. The van der Waals surface area contributed by atoms with E-state index in [1.807, 2.05) is 24.3 Å². The maximum atomic E-state index is 13.0. The van der Waals surface area contributed by atoms with Gasteiger partial charge in [0.25, 0.3) is 5.91 Å². The van der Waals surface area contributed by atoms with E-state index in [-0.39, 0.29) is 4.90 Å². The van der Waals surface area contributed by atoms with Crippen LogP contribution in [0, 0.1) is 6.92 Å². The average Bonchev–Trinajstić information content (AvgIpc) is 3.25. The number of pyridine rings is 1. The van der Waals surface area contributed by atoms with Crippen molar-refractivity contribution in [1.82, 2.24) is 9.29 Å². The first-order chi connectivity index (χ1) is 15.7. The van der Waals surface area contributed by atoms with Gasteiger partial charge in [-0.25, -0.2) is 17.5 Å². The molecule has 9 heteroatoms. The summed E-state index contributed by atoms with van der Waals surface area (Å²) in [6, 6.07) is 11.9. The highest BCUT2D eigenvalue weighted by Gasteiger charge is 2.25. The predicted octanol–water partition coefficient (Wildman–Crippen LogP) is 3.08. The van der Waals surface area contributed by atoms with Crippen molar-refractivity contribution in [2.45, 2.75) is 31.1 Å². The zero-order chi connectivity index (χ0) is 23.8. The third-order valence-electron chi connectivity index (χ3n) is 5.72. The van der Waals surface area contributed by atoms with Crippen LogP contribution in [0.15, 0.2) is 47.4 Å². The van der Waals surface area contributed by atoms with Gasteiger partial charge in [-0.3, -0.25) is 9.78 Å². The number of benzene rings is 2. The van der Waals surface area contributed by atoms with E-state index in [2.05, 4.69) is 10.3 Å². The molecule has 1 aliphatic rings. The van der Waals surface area contributed by atoms with Crippen molar-refractivity contribution in [3.8, 4) is 0 Å². The number of anilines is 1. The summed E-state index contributed by atoms with van der Waals surface area (Å²) in [7, 11) is -0.776. The molecule has 1 aliphatic carbocycles. The number of sulfonamides is 1. The highest BCUT2D eigenvalue weighted by atomic mass is 32.2. The highest BCUT2D eigenvalue weighted by molar-refractivity contribution is 7.89. The quantitative estimate of drug-likeness (QED) is 0.559. The second-order valence-electron chi connectivity index (χ2n) is 8.17. The third-order valence-corrected chi connectivity index (χ3v) is 7.53. The molecule has 0 radical (unpaired) electrons. The summed E-state index contributed by atoms with van der Waals surface area (Å²) in [5, 5.41) is 3.36. The number of nitrogens with zero attached hydrogens (tertiary/aromatic N) is 2. The van der Waals surface area contributed by atoms with Crippen LogP contribution in [0.2, 0.25) is 0 Å². The molecule has 3 aromatic rings. The fourth-order valence-electron chi connectivity index (χ4n) is 3.94. The lowest BCUT2D eigenvalue weighted by Gasteiger charge is -2.15. The van der Waals surface area contributed by atoms with Crippen LogP contribution in [0.1, 0.15) is 33.6 Å². The van der Waals surface area contributed by atoms with Crippen LogP contribution < -0.4 is 5.32 Å². The number of hydrogen-bond acceptors (Lipinski definition) is 6. The summed E-state index contributed by atoms with van der Waals surface area (Å²) in [4.78, 5) is 30.2. The number of rotatable bonds is 6. The van der Waals surface area contributed by atoms with E-state index in [1.165, 1.54) is 26.2 Å².